The molecule has 3 rings (SSSR count). The fourth-order valence-electron chi connectivity index (χ4n) is 2.79. The lowest BCUT2D eigenvalue weighted by molar-refractivity contribution is -0.119. The molecule has 2 aliphatic rings. The van der Waals surface area contributed by atoms with Crippen LogP contribution in [0.15, 0.2) is 0 Å². The Bertz CT molecular complexity index is 473. The maximum absolute atomic E-state index is 11.6. The van der Waals surface area contributed by atoms with Gasteiger partial charge in [-0.2, -0.15) is 0 Å². The largest absolute Gasteiger partial charge is 0.354 e. The maximum Gasteiger partial charge on any atom is 0.239 e. The summed E-state index contributed by atoms with van der Waals surface area (Å²) in [6, 6.07) is 0.441. The molecule has 0 spiro atoms. The highest BCUT2D eigenvalue weighted by Crippen LogP contribution is 2.37. The Kier molecular flexibility index (Phi) is 3.70. The van der Waals surface area contributed by atoms with E-state index in [2.05, 4.69) is 15.5 Å². The van der Waals surface area contributed by atoms with E-state index in [-0.39, 0.29) is 5.91 Å². The number of rotatable bonds is 2. The topological polar surface area (TPSA) is 57.3 Å². The van der Waals surface area contributed by atoms with Crippen molar-refractivity contribution in [2.24, 2.45) is 0 Å². The Labute approximate surface area is 117 Å². The molecule has 6 heteroatoms. The van der Waals surface area contributed by atoms with Crippen LogP contribution in [0.4, 0.5) is 5.13 Å². The van der Waals surface area contributed by atoms with Gasteiger partial charge < -0.3 is 15.5 Å². The molecule has 1 aromatic rings. The minimum absolute atomic E-state index is 0.107. The molecule has 1 amide bonds. The Morgan fingerprint density at radius 1 is 1.47 bits per heavy atom. The molecule has 1 saturated heterocycles. The number of aromatic nitrogens is 1. The van der Waals surface area contributed by atoms with E-state index in [4.69, 9.17) is 4.98 Å². The molecule has 1 fully saturated rings. The lowest BCUT2D eigenvalue weighted by Gasteiger charge is -2.20. The second-order valence-electron chi connectivity index (χ2n) is 5.17. The average molecular weight is 280 g/mol. The summed E-state index contributed by atoms with van der Waals surface area (Å²) in [4.78, 5) is 19.9. The first-order valence-electron chi connectivity index (χ1n) is 6.96. The first-order valence-corrected chi connectivity index (χ1v) is 7.78. The lowest BCUT2D eigenvalue weighted by Crippen LogP contribution is -2.32. The number of amides is 1. The van der Waals surface area contributed by atoms with E-state index in [0.29, 0.717) is 12.6 Å². The summed E-state index contributed by atoms with van der Waals surface area (Å²) in [5, 5.41) is 7.30. The van der Waals surface area contributed by atoms with Gasteiger partial charge in [0.05, 0.1) is 12.2 Å². The Morgan fingerprint density at radius 2 is 2.37 bits per heavy atom. The van der Waals surface area contributed by atoms with Crippen LogP contribution < -0.4 is 15.5 Å². The van der Waals surface area contributed by atoms with Crippen LogP contribution in [0.2, 0.25) is 0 Å². The second-order valence-corrected chi connectivity index (χ2v) is 6.18. The minimum atomic E-state index is 0.107. The molecule has 1 aliphatic carbocycles. The van der Waals surface area contributed by atoms with Crippen molar-refractivity contribution in [2.75, 3.05) is 31.6 Å². The minimum Gasteiger partial charge on any atom is -0.354 e. The first-order chi connectivity index (χ1) is 9.28. The lowest BCUT2D eigenvalue weighted by atomic mass is 9.98. The maximum atomic E-state index is 11.6. The number of nitrogens with one attached hydrogen (secondary N) is 2. The van der Waals surface area contributed by atoms with Crippen LogP contribution >= 0.6 is 11.3 Å². The van der Waals surface area contributed by atoms with Crippen LogP contribution in [-0.4, -0.2) is 37.6 Å². The van der Waals surface area contributed by atoms with E-state index >= 15 is 0 Å². The predicted octanol–water partition coefficient (Wildman–Crippen LogP) is 1.07. The highest BCUT2D eigenvalue weighted by atomic mass is 32.1. The molecule has 1 atom stereocenters. The van der Waals surface area contributed by atoms with Gasteiger partial charge in [-0.1, -0.05) is 11.3 Å². The number of hydrogen-bond donors (Lipinski definition) is 2. The molecular formula is C13H20N4OS. The van der Waals surface area contributed by atoms with E-state index in [1.54, 1.807) is 11.3 Å². The second kappa shape index (κ2) is 5.46. The van der Waals surface area contributed by atoms with E-state index in [0.717, 1.165) is 31.1 Å². The zero-order chi connectivity index (χ0) is 13.2. The van der Waals surface area contributed by atoms with Gasteiger partial charge >= 0.3 is 0 Å². The van der Waals surface area contributed by atoms with Crippen LogP contribution in [0.25, 0.3) is 0 Å². The van der Waals surface area contributed by atoms with Crippen LogP contribution in [0.1, 0.15) is 35.9 Å². The summed E-state index contributed by atoms with van der Waals surface area (Å²) in [6.45, 7) is 2.13. The predicted molar refractivity (Wildman–Crippen MR) is 76.7 cm³/mol. The van der Waals surface area contributed by atoms with Crippen molar-refractivity contribution in [3.63, 3.8) is 0 Å². The molecular weight excluding hydrogens is 260 g/mol. The molecule has 104 valence electrons. The summed E-state index contributed by atoms with van der Waals surface area (Å²) in [6.07, 6.45) is 4.45. The molecule has 0 bridgehead atoms. The number of carbonyl (C=O) groups is 1. The Balaban J connectivity index is 1.85. The molecule has 0 aromatic carbocycles. The van der Waals surface area contributed by atoms with E-state index in [1.807, 2.05) is 7.05 Å². The highest BCUT2D eigenvalue weighted by Gasteiger charge is 2.26. The van der Waals surface area contributed by atoms with Gasteiger partial charge in [0.25, 0.3) is 0 Å². The summed E-state index contributed by atoms with van der Waals surface area (Å²) < 4.78 is 0. The number of nitrogens with zero attached hydrogens (tertiary/aromatic N) is 2. The molecule has 1 unspecified atom stereocenters. The zero-order valence-electron chi connectivity index (χ0n) is 11.2. The SMILES string of the molecule is CNC1CCCc2nc(N3CCCNC(=O)C3)sc21. The fourth-order valence-corrected chi connectivity index (χ4v) is 4.07. The molecule has 2 N–H and O–H groups in total. The standard InChI is InChI=1S/C13H20N4OS/c1-14-9-4-2-5-10-12(9)19-13(16-10)17-7-3-6-15-11(18)8-17/h9,14H,2-8H2,1H3,(H,15,18). The normalized spacial score (nSPS) is 23.7. The van der Waals surface area contributed by atoms with Gasteiger partial charge in [-0.15, -0.1) is 0 Å². The monoisotopic (exact) mass is 280 g/mol. The van der Waals surface area contributed by atoms with E-state index in [1.165, 1.54) is 23.4 Å². The van der Waals surface area contributed by atoms with Crippen molar-refractivity contribution in [3.05, 3.63) is 10.6 Å². The first kappa shape index (κ1) is 12.9. The number of aryl methyl sites for hydroxylation is 1. The van der Waals surface area contributed by atoms with Crippen molar-refractivity contribution < 1.29 is 4.79 Å². The van der Waals surface area contributed by atoms with Crippen molar-refractivity contribution in [1.82, 2.24) is 15.6 Å². The number of hydrogen-bond acceptors (Lipinski definition) is 5. The molecule has 19 heavy (non-hydrogen) atoms. The Morgan fingerprint density at radius 3 is 3.21 bits per heavy atom. The van der Waals surface area contributed by atoms with Crippen molar-refractivity contribution >= 4 is 22.4 Å². The van der Waals surface area contributed by atoms with Crippen molar-refractivity contribution in [2.45, 2.75) is 31.7 Å². The number of thiazole rings is 1. The third-order valence-corrected chi connectivity index (χ3v) is 5.09. The van der Waals surface area contributed by atoms with E-state index in [9.17, 15) is 4.79 Å². The van der Waals surface area contributed by atoms with Crippen LogP contribution in [-0.2, 0) is 11.2 Å². The quantitative estimate of drug-likeness (QED) is 0.851. The van der Waals surface area contributed by atoms with Gasteiger partial charge in [-0.25, -0.2) is 4.98 Å². The average Bonchev–Trinajstić information content (AvgIpc) is 2.74. The number of anilines is 1. The third kappa shape index (κ3) is 2.60. The highest BCUT2D eigenvalue weighted by molar-refractivity contribution is 7.15. The Hall–Kier alpha value is -1.14. The summed E-state index contributed by atoms with van der Waals surface area (Å²) in [5.74, 6) is 0.107. The molecule has 1 aromatic heterocycles. The van der Waals surface area contributed by atoms with Gasteiger partial charge in [0.1, 0.15) is 0 Å². The molecule has 1 aliphatic heterocycles. The van der Waals surface area contributed by atoms with Gasteiger partial charge in [0.2, 0.25) is 5.91 Å². The summed E-state index contributed by atoms with van der Waals surface area (Å²) in [7, 11) is 2.01. The summed E-state index contributed by atoms with van der Waals surface area (Å²) >= 11 is 1.76. The third-order valence-electron chi connectivity index (χ3n) is 3.82. The fraction of sp³-hybridized carbons (Fsp3) is 0.692. The smallest absolute Gasteiger partial charge is 0.239 e. The van der Waals surface area contributed by atoms with Gasteiger partial charge in [0, 0.05) is 24.0 Å². The van der Waals surface area contributed by atoms with Crippen molar-refractivity contribution in [3.8, 4) is 0 Å². The molecule has 0 saturated carbocycles. The molecule has 0 radical (unpaired) electrons. The van der Waals surface area contributed by atoms with Crippen molar-refractivity contribution in [1.29, 1.82) is 0 Å². The number of fused-ring (bicyclic) bond motifs is 1. The number of carbonyl (C=O) groups excluding carboxylic acids is 1. The van der Waals surface area contributed by atoms with Gasteiger partial charge in [-0.3, -0.25) is 4.79 Å². The van der Waals surface area contributed by atoms with Crippen LogP contribution in [0.3, 0.4) is 0 Å². The van der Waals surface area contributed by atoms with E-state index < -0.39 is 0 Å². The molecule has 2 heterocycles. The van der Waals surface area contributed by atoms with Gasteiger partial charge in [-0.05, 0) is 32.7 Å². The van der Waals surface area contributed by atoms with Crippen LogP contribution in [0.5, 0.6) is 0 Å². The molecule has 5 nitrogen and oxygen atoms in total. The zero-order valence-corrected chi connectivity index (χ0v) is 12.1. The van der Waals surface area contributed by atoms with Crippen LogP contribution in [0, 0.1) is 0 Å². The van der Waals surface area contributed by atoms with Gasteiger partial charge in [0.15, 0.2) is 5.13 Å². The summed E-state index contributed by atoms with van der Waals surface area (Å²) in [5.41, 5.74) is 1.23.